The Morgan fingerprint density at radius 3 is 2.53 bits per heavy atom. The van der Waals surface area contributed by atoms with Crippen LogP contribution >= 0.6 is 23.2 Å². The molecule has 0 bridgehead atoms. The maximum Gasteiger partial charge on any atom is 0.244 e. The predicted octanol–water partition coefficient (Wildman–Crippen LogP) is 0.916. The monoisotopic (exact) mass is 272 g/mol. The van der Waals surface area contributed by atoms with Gasteiger partial charge in [0.25, 0.3) is 0 Å². The van der Waals surface area contributed by atoms with Gasteiger partial charge in [-0.05, 0) is 23.8 Å². The van der Waals surface area contributed by atoms with Crippen molar-refractivity contribution in [1.29, 1.82) is 0 Å². The van der Waals surface area contributed by atoms with Gasteiger partial charge in [-0.3, -0.25) is 4.79 Å². The van der Waals surface area contributed by atoms with Gasteiger partial charge in [-0.2, -0.15) is 0 Å². The average molecular weight is 273 g/mol. The Labute approximate surface area is 108 Å². The lowest BCUT2D eigenvalue weighted by molar-refractivity contribution is -0.297. The summed E-state index contributed by atoms with van der Waals surface area (Å²) in [6.07, 6.45) is 1.54. The van der Waals surface area contributed by atoms with Crippen molar-refractivity contribution in [1.82, 2.24) is 5.32 Å². The number of rotatable bonds is 4. The number of amides is 1. The molecule has 0 spiro atoms. The Hall–Kier alpha value is -1.52. The summed E-state index contributed by atoms with van der Waals surface area (Å²) in [6.45, 7) is 0.229. The molecule has 0 aromatic heterocycles. The number of carbonyl (C=O) groups is 2. The highest BCUT2D eigenvalue weighted by molar-refractivity contribution is 6.42. The Morgan fingerprint density at radius 1 is 1.24 bits per heavy atom. The van der Waals surface area contributed by atoms with Crippen LogP contribution < -0.4 is 10.4 Å². The van der Waals surface area contributed by atoms with Crippen LogP contribution in [0.2, 0.25) is 10.0 Å². The fourth-order valence-corrected chi connectivity index (χ4v) is 1.36. The molecule has 0 saturated heterocycles. The van der Waals surface area contributed by atoms with Crippen molar-refractivity contribution in [2.75, 3.05) is 0 Å². The van der Waals surface area contributed by atoms with Crippen LogP contribution in [-0.2, 0) is 16.1 Å². The lowest BCUT2D eigenvalue weighted by Gasteiger charge is -2.04. The quantitative estimate of drug-likeness (QED) is 0.829. The SMILES string of the molecule is O=C([O-])/C=C/C(=O)NCc1ccc(Cl)c(Cl)c1. The summed E-state index contributed by atoms with van der Waals surface area (Å²) in [7, 11) is 0. The molecular formula is C11H8Cl2NO3-. The summed E-state index contributed by atoms with van der Waals surface area (Å²) in [5, 5.41) is 13.4. The van der Waals surface area contributed by atoms with E-state index in [0.29, 0.717) is 16.1 Å². The van der Waals surface area contributed by atoms with Crippen LogP contribution in [0.5, 0.6) is 0 Å². The Balaban J connectivity index is 2.53. The van der Waals surface area contributed by atoms with Gasteiger partial charge in [0.1, 0.15) is 0 Å². The number of nitrogens with one attached hydrogen (secondary N) is 1. The normalized spacial score (nSPS) is 10.5. The number of halogens is 2. The highest BCUT2D eigenvalue weighted by atomic mass is 35.5. The zero-order valence-electron chi connectivity index (χ0n) is 8.57. The summed E-state index contributed by atoms with van der Waals surface area (Å²) >= 11 is 11.5. The standard InChI is InChI=1S/C11H9Cl2NO3/c12-8-2-1-7(5-9(8)13)6-14-10(15)3-4-11(16)17/h1-5H,6H2,(H,14,15)(H,16,17)/p-1/b4-3+. The maximum atomic E-state index is 11.1. The molecule has 0 aliphatic rings. The fraction of sp³-hybridized carbons (Fsp3) is 0.0909. The second-order valence-electron chi connectivity index (χ2n) is 3.12. The van der Waals surface area contributed by atoms with Gasteiger partial charge in [-0.25, -0.2) is 0 Å². The molecule has 0 radical (unpaired) electrons. The number of hydrogen-bond donors (Lipinski definition) is 1. The molecule has 0 atom stereocenters. The third-order valence-corrected chi connectivity index (χ3v) is 2.56. The van der Waals surface area contributed by atoms with Gasteiger partial charge in [-0.15, -0.1) is 0 Å². The molecule has 1 N–H and O–H groups in total. The van der Waals surface area contributed by atoms with Crippen molar-refractivity contribution in [2.24, 2.45) is 0 Å². The minimum absolute atomic E-state index is 0.229. The first-order chi connectivity index (χ1) is 7.99. The number of hydrogen-bond acceptors (Lipinski definition) is 3. The van der Waals surface area contributed by atoms with Gasteiger partial charge in [-0.1, -0.05) is 29.3 Å². The molecule has 0 fully saturated rings. The third kappa shape index (κ3) is 4.89. The summed E-state index contributed by atoms with van der Waals surface area (Å²) < 4.78 is 0. The van der Waals surface area contributed by atoms with Gasteiger partial charge in [0, 0.05) is 12.6 Å². The smallest absolute Gasteiger partial charge is 0.244 e. The molecule has 0 unspecified atom stereocenters. The van der Waals surface area contributed by atoms with Crippen LogP contribution in [0.3, 0.4) is 0 Å². The van der Waals surface area contributed by atoms with Crippen LogP contribution in [0.4, 0.5) is 0 Å². The van der Waals surface area contributed by atoms with E-state index in [2.05, 4.69) is 5.32 Å². The van der Waals surface area contributed by atoms with Crippen LogP contribution in [0, 0.1) is 0 Å². The van der Waals surface area contributed by atoms with E-state index in [0.717, 1.165) is 11.6 Å². The molecule has 0 aliphatic carbocycles. The zero-order valence-corrected chi connectivity index (χ0v) is 10.1. The lowest BCUT2D eigenvalue weighted by atomic mass is 10.2. The highest BCUT2D eigenvalue weighted by Crippen LogP contribution is 2.22. The van der Waals surface area contributed by atoms with Gasteiger partial charge >= 0.3 is 0 Å². The highest BCUT2D eigenvalue weighted by Gasteiger charge is 2.00. The van der Waals surface area contributed by atoms with E-state index >= 15 is 0 Å². The van der Waals surface area contributed by atoms with Crippen LogP contribution in [-0.4, -0.2) is 11.9 Å². The van der Waals surface area contributed by atoms with E-state index in [9.17, 15) is 14.7 Å². The Morgan fingerprint density at radius 2 is 1.94 bits per heavy atom. The van der Waals surface area contributed by atoms with Crippen molar-refractivity contribution < 1.29 is 14.7 Å². The molecule has 1 aromatic rings. The minimum atomic E-state index is -1.42. The largest absolute Gasteiger partial charge is 0.545 e. The topological polar surface area (TPSA) is 69.2 Å². The molecule has 17 heavy (non-hydrogen) atoms. The average Bonchev–Trinajstić information content (AvgIpc) is 2.28. The number of carboxylic acids is 1. The van der Waals surface area contributed by atoms with Crippen LogP contribution in [0.25, 0.3) is 0 Å². The van der Waals surface area contributed by atoms with Gasteiger partial charge < -0.3 is 15.2 Å². The van der Waals surface area contributed by atoms with Gasteiger partial charge in [0.05, 0.1) is 16.0 Å². The second kappa shape index (κ2) is 6.27. The van der Waals surface area contributed by atoms with Crippen molar-refractivity contribution in [2.45, 2.75) is 6.54 Å². The van der Waals surface area contributed by atoms with E-state index in [1.807, 2.05) is 0 Å². The number of aliphatic carboxylic acids is 1. The molecule has 1 rings (SSSR count). The summed E-state index contributed by atoms with van der Waals surface area (Å²) in [6, 6.07) is 4.94. The molecule has 90 valence electrons. The third-order valence-electron chi connectivity index (χ3n) is 1.82. The summed E-state index contributed by atoms with van der Waals surface area (Å²) in [5.41, 5.74) is 0.759. The predicted molar refractivity (Wildman–Crippen MR) is 62.5 cm³/mol. The molecule has 1 aromatic carbocycles. The zero-order chi connectivity index (χ0) is 12.8. The maximum absolute atomic E-state index is 11.1. The van der Waals surface area contributed by atoms with E-state index in [4.69, 9.17) is 23.2 Å². The molecule has 1 amide bonds. The molecule has 4 nitrogen and oxygen atoms in total. The number of benzene rings is 1. The number of carboxylic acid groups (broad SMARTS) is 1. The lowest BCUT2D eigenvalue weighted by Crippen LogP contribution is -2.23. The molecular weight excluding hydrogens is 265 g/mol. The van der Waals surface area contributed by atoms with Crippen molar-refractivity contribution in [3.05, 3.63) is 46.0 Å². The minimum Gasteiger partial charge on any atom is -0.545 e. The summed E-state index contributed by atoms with van der Waals surface area (Å²) in [5.74, 6) is -1.95. The van der Waals surface area contributed by atoms with Crippen LogP contribution in [0.15, 0.2) is 30.4 Å². The molecule has 6 heteroatoms. The fourth-order valence-electron chi connectivity index (χ4n) is 1.04. The second-order valence-corrected chi connectivity index (χ2v) is 3.93. The molecule has 0 saturated carbocycles. The first-order valence-electron chi connectivity index (χ1n) is 4.60. The molecule has 0 heterocycles. The summed E-state index contributed by atoms with van der Waals surface area (Å²) in [4.78, 5) is 21.2. The molecule has 0 aliphatic heterocycles. The van der Waals surface area contributed by atoms with E-state index in [1.165, 1.54) is 0 Å². The Kier molecular flexibility index (Phi) is 5.00. The van der Waals surface area contributed by atoms with Gasteiger partial charge in [0.2, 0.25) is 5.91 Å². The van der Waals surface area contributed by atoms with Crippen LogP contribution in [0.1, 0.15) is 5.56 Å². The van der Waals surface area contributed by atoms with Crippen molar-refractivity contribution in [3.63, 3.8) is 0 Å². The van der Waals surface area contributed by atoms with E-state index in [1.54, 1.807) is 18.2 Å². The Bertz CT molecular complexity index is 472. The van der Waals surface area contributed by atoms with Crippen molar-refractivity contribution in [3.8, 4) is 0 Å². The van der Waals surface area contributed by atoms with E-state index < -0.39 is 11.9 Å². The first kappa shape index (κ1) is 13.5. The van der Waals surface area contributed by atoms with Gasteiger partial charge in [0.15, 0.2) is 0 Å². The van der Waals surface area contributed by atoms with Crippen molar-refractivity contribution >= 4 is 35.1 Å². The number of carbonyl (C=O) groups excluding carboxylic acids is 2. The first-order valence-corrected chi connectivity index (χ1v) is 5.35. The van der Waals surface area contributed by atoms with E-state index in [-0.39, 0.29) is 6.54 Å².